The van der Waals surface area contributed by atoms with Crippen LogP contribution < -0.4 is 15.0 Å². The Kier molecular flexibility index (Phi) is 9.12. The van der Waals surface area contributed by atoms with Crippen LogP contribution in [0.15, 0.2) is 84.9 Å². The van der Waals surface area contributed by atoms with E-state index in [2.05, 4.69) is 21.2 Å². The van der Waals surface area contributed by atoms with Crippen molar-refractivity contribution in [3.8, 4) is 5.75 Å². The average Bonchev–Trinajstić information content (AvgIpc) is 3.20. The molecule has 0 aliphatic carbocycles. The number of rotatable bonds is 9. The first-order valence-electron chi connectivity index (χ1n) is 13.1. The predicted molar refractivity (Wildman–Crippen MR) is 153 cm³/mol. The van der Waals surface area contributed by atoms with Gasteiger partial charge in [-0.25, -0.2) is 4.79 Å². The Balaban J connectivity index is 0.00000353. The molecule has 9 heteroatoms. The molecule has 2 heterocycles. The molecule has 0 radical (unpaired) electrons. The number of nitrogens with one attached hydrogen (secondary N) is 1. The molecule has 2 fully saturated rings. The second-order valence-electron chi connectivity index (χ2n) is 9.65. The fraction of sp³-hybridized carbons (Fsp3) is 0.333. The van der Waals surface area contributed by atoms with E-state index in [0.29, 0.717) is 24.3 Å². The number of hydrogen-bond acceptors (Lipinski definition) is 6. The number of amides is 3. The van der Waals surface area contributed by atoms with Gasteiger partial charge in [-0.2, -0.15) is 0 Å². The molecule has 1 atom stereocenters. The molecule has 3 aromatic carbocycles. The van der Waals surface area contributed by atoms with E-state index >= 15 is 0 Å². The summed E-state index contributed by atoms with van der Waals surface area (Å²) in [5.41, 5.74) is 1.10. The van der Waals surface area contributed by atoms with Crippen molar-refractivity contribution in [1.82, 2.24) is 15.1 Å². The predicted octanol–water partition coefficient (Wildman–Crippen LogP) is 3.49. The maximum Gasteiger partial charge on any atom is 0.325 e. The molecule has 2 N–H and O–H groups in total. The van der Waals surface area contributed by atoms with Crippen LogP contribution in [0.25, 0.3) is 0 Å². The Morgan fingerprint density at radius 3 is 2.00 bits per heavy atom. The number of halogens is 1. The zero-order chi connectivity index (χ0) is 26.5. The Labute approximate surface area is 235 Å². The maximum absolute atomic E-state index is 13.5. The molecule has 2 saturated heterocycles. The monoisotopic (exact) mass is 550 g/mol. The zero-order valence-corrected chi connectivity index (χ0v) is 22.8. The number of imide groups is 1. The topological polar surface area (TPSA) is 85.3 Å². The lowest BCUT2D eigenvalue weighted by molar-refractivity contribution is -0.125. The highest BCUT2D eigenvalue weighted by Crippen LogP contribution is 2.40. The van der Waals surface area contributed by atoms with Gasteiger partial charge in [0.25, 0.3) is 5.91 Å². The molecule has 39 heavy (non-hydrogen) atoms. The van der Waals surface area contributed by atoms with E-state index in [1.807, 2.05) is 85.8 Å². The van der Waals surface area contributed by atoms with Crippen molar-refractivity contribution in [2.45, 2.75) is 18.6 Å². The van der Waals surface area contributed by atoms with E-state index in [1.165, 1.54) is 4.90 Å². The van der Waals surface area contributed by atoms with Gasteiger partial charge in [0.1, 0.15) is 5.75 Å². The number of hydrogen-bond donors (Lipinski definition) is 2. The van der Waals surface area contributed by atoms with Crippen LogP contribution in [0.3, 0.4) is 0 Å². The first-order chi connectivity index (χ1) is 18.5. The average molecular weight is 551 g/mol. The van der Waals surface area contributed by atoms with Crippen molar-refractivity contribution in [1.29, 1.82) is 0 Å². The summed E-state index contributed by atoms with van der Waals surface area (Å²) in [4.78, 5) is 32.6. The lowest BCUT2D eigenvalue weighted by Gasteiger charge is -2.40. The summed E-state index contributed by atoms with van der Waals surface area (Å²) in [5.74, 6) is 0.472. The van der Waals surface area contributed by atoms with Crippen LogP contribution in [0, 0.1) is 0 Å². The van der Waals surface area contributed by atoms with Crippen LogP contribution in [0.4, 0.5) is 10.5 Å². The molecular formula is C30H35ClN4O4. The van der Waals surface area contributed by atoms with E-state index in [-0.39, 0.29) is 19.0 Å². The number of aliphatic hydroxyl groups excluding tert-OH is 1. The number of β-amino-alcohol motifs (C(OH)–C–C–N with tert-alkyl or cyclic N) is 1. The van der Waals surface area contributed by atoms with Crippen LogP contribution in [-0.4, -0.2) is 78.8 Å². The Bertz CT molecular complexity index is 1210. The van der Waals surface area contributed by atoms with Gasteiger partial charge in [-0.1, -0.05) is 72.8 Å². The van der Waals surface area contributed by atoms with Gasteiger partial charge < -0.3 is 14.7 Å². The minimum atomic E-state index is -1.34. The molecule has 2 aliphatic heterocycles. The van der Waals surface area contributed by atoms with Crippen LogP contribution in [0.1, 0.15) is 18.1 Å². The number of aliphatic hydroxyl groups is 1. The van der Waals surface area contributed by atoms with E-state index < -0.39 is 23.6 Å². The number of benzene rings is 3. The normalized spacial score (nSPS) is 17.9. The third-order valence-electron chi connectivity index (χ3n) is 7.32. The fourth-order valence-corrected chi connectivity index (χ4v) is 5.58. The van der Waals surface area contributed by atoms with Crippen molar-refractivity contribution < 1.29 is 19.4 Å². The number of nitrogens with zero attached hydrogens (tertiary/aromatic N) is 3. The third-order valence-corrected chi connectivity index (χ3v) is 7.32. The highest BCUT2D eigenvalue weighted by molar-refractivity contribution is 6.09. The molecule has 3 amide bonds. The second-order valence-corrected chi connectivity index (χ2v) is 9.65. The molecule has 5 rings (SSSR count). The smallest absolute Gasteiger partial charge is 0.325 e. The fourth-order valence-electron chi connectivity index (χ4n) is 5.58. The number of piperazine rings is 1. The van der Waals surface area contributed by atoms with Crippen molar-refractivity contribution in [2.75, 3.05) is 50.8 Å². The minimum Gasteiger partial charge on any atom is -0.492 e. The summed E-state index contributed by atoms with van der Waals surface area (Å²) in [6.07, 6.45) is -0.833. The number of carbonyl (C=O) groups excluding carboxylic acids is 2. The second kappa shape index (κ2) is 12.5. The molecule has 0 spiro atoms. The van der Waals surface area contributed by atoms with E-state index in [0.717, 1.165) is 37.6 Å². The van der Waals surface area contributed by atoms with Crippen molar-refractivity contribution in [2.24, 2.45) is 0 Å². The van der Waals surface area contributed by atoms with Crippen molar-refractivity contribution in [3.63, 3.8) is 0 Å². The van der Waals surface area contributed by atoms with Gasteiger partial charge in [0.2, 0.25) is 0 Å². The molecule has 2 aliphatic rings. The number of urea groups is 1. The van der Waals surface area contributed by atoms with Gasteiger partial charge in [0.05, 0.1) is 24.9 Å². The third kappa shape index (κ3) is 5.59. The molecule has 206 valence electrons. The van der Waals surface area contributed by atoms with Gasteiger partial charge in [-0.05, 0) is 30.2 Å². The minimum absolute atomic E-state index is 0. The van der Waals surface area contributed by atoms with Crippen LogP contribution in [0.5, 0.6) is 5.75 Å². The van der Waals surface area contributed by atoms with E-state index in [1.54, 1.807) is 0 Å². The molecular weight excluding hydrogens is 516 g/mol. The van der Waals surface area contributed by atoms with Crippen molar-refractivity contribution in [3.05, 3.63) is 96.1 Å². The zero-order valence-electron chi connectivity index (χ0n) is 22.0. The van der Waals surface area contributed by atoms with Gasteiger partial charge in [-0.3, -0.25) is 19.9 Å². The van der Waals surface area contributed by atoms with Crippen LogP contribution in [-0.2, 0) is 10.3 Å². The largest absolute Gasteiger partial charge is 0.492 e. The maximum atomic E-state index is 13.5. The Hall–Kier alpha value is -3.59. The first-order valence-corrected chi connectivity index (χ1v) is 13.1. The number of ether oxygens (including phenoxy) is 1. The van der Waals surface area contributed by atoms with Crippen LogP contribution in [0.2, 0.25) is 0 Å². The Morgan fingerprint density at radius 1 is 0.846 bits per heavy atom. The summed E-state index contributed by atoms with van der Waals surface area (Å²) in [6.45, 7) is 6.16. The van der Waals surface area contributed by atoms with Gasteiger partial charge in [0, 0.05) is 32.7 Å². The lowest BCUT2D eigenvalue weighted by atomic mass is 9.81. The number of para-hydroxylation sites is 2. The molecule has 1 unspecified atom stereocenters. The molecule has 0 aromatic heterocycles. The number of anilines is 1. The van der Waals surface area contributed by atoms with E-state index in [9.17, 15) is 14.7 Å². The summed E-state index contributed by atoms with van der Waals surface area (Å²) in [5, 5.41) is 13.7. The molecule has 0 saturated carbocycles. The van der Waals surface area contributed by atoms with Gasteiger partial charge >= 0.3 is 6.03 Å². The van der Waals surface area contributed by atoms with Gasteiger partial charge in [0.15, 0.2) is 5.54 Å². The lowest BCUT2D eigenvalue weighted by Crippen LogP contribution is -2.53. The number of carbonyl (C=O) groups is 2. The van der Waals surface area contributed by atoms with E-state index in [4.69, 9.17) is 4.74 Å². The Morgan fingerprint density at radius 2 is 1.41 bits per heavy atom. The molecule has 8 nitrogen and oxygen atoms in total. The quantitative estimate of drug-likeness (QED) is 0.397. The summed E-state index contributed by atoms with van der Waals surface area (Å²) < 4.78 is 5.80. The van der Waals surface area contributed by atoms with Crippen molar-refractivity contribution >= 4 is 30.0 Å². The summed E-state index contributed by atoms with van der Waals surface area (Å²) in [6, 6.07) is 26.1. The summed E-state index contributed by atoms with van der Waals surface area (Å²) >= 11 is 0. The SMILES string of the molecule is CCOc1ccccc1N1CCN(CC(O)CN2C(=O)NC(=O)C2(c2ccccc2)c2ccccc2)CC1.Cl. The standard InChI is InChI=1S/C30H34N4O4.ClH/c1-2-38-27-16-10-9-15-26(27)33-19-17-32(18-20-33)21-25(35)22-34-29(37)31-28(36)30(34,23-11-5-3-6-12-23)24-13-7-4-8-14-24;/h3-16,25,35H,2,17-22H2,1H3,(H,31,36,37);1H. The summed E-state index contributed by atoms with van der Waals surface area (Å²) in [7, 11) is 0. The highest BCUT2D eigenvalue weighted by atomic mass is 35.5. The van der Waals surface area contributed by atoms with Crippen LogP contribution >= 0.6 is 12.4 Å². The highest BCUT2D eigenvalue weighted by Gasteiger charge is 2.55. The molecule has 3 aromatic rings. The first kappa shape index (κ1) is 28.4. The molecule has 0 bridgehead atoms. The van der Waals surface area contributed by atoms with Gasteiger partial charge in [-0.15, -0.1) is 12.4 Å².